The van der Waals surface area contributed by atoms with Gasteiger partial charge in [0.2, 0.25) is 0 Å². The summed E-state index contributed by atoms with van der Waals surface area (Å²) in [5.41, 5.74) is 4.93. The highest BCUT2D eigenvalue weighted by Crippen LogP contribution is 2.35. The van der Waals surface area contributed by atoms with Crippen LogP contribution in [0.2, 0.25) is 0 Å². The number of aliphatic hydroxyl groups excluding tert-OH is 1. The van der Waals surface area contributed by atoms with E-state index in [1.807, 2.05) is 53.1 Å². The molecule has 0 aliphatic carbocycles. The minimum Gasteiger partial charge on any atom is -0.392 e. The van der Waals surface area contributed by atoms with E-state index in [1.165, 1.54) is 0 Å². The second-order valence-corrected chi connectivity index (χ2v) is 7.07. The lowest BCUT2D eigenvalue weighted by molar-refractivity contribution is 0.174. The Labute approximate surface area is 156 Å². The van der Waals surface area contributed by atoms with Gasteiger partial charge in [0.1, 0.15) is 10.7 Å². The first-order valence-electron chi connectivity index (χ1n) is 8.52. The summed E-state index contributed by atoms with van der Waals surface area (Å²) in [5.74, 6) is 0. The van der Waals surface area contributed by atoms with Crippen LogP contribution in [0.1, 0.15) is 6.92 Å². The van der Waals surface area contributed by atoms with Gasteiger partial charge in [0, 0.05) is 23.1 Å². The van der Waals surface area contributed by atoms with Gasteiger partial charge in [0.05, 0.1) is 23.8 Å². The van der Waals surface area contributed by atoms with E-state index in [0.29, 0.717) is 6.54 Å². The fourth-order valence-corrected chi connectivity index (χ4v) is 3.85. The van der Waals surface area contributed by atoms with E-state index in [4.69, 9.17) is 4.98 Å². The molecule has 0 aliphatic rings. The molecule has 1 atom stereocenters. The third-order valence-corrected chi connectivity index (χ3v) is 4.97. The lowest BCUT2D eigenvalue weighted by atomic mass is 10.1. The van der Waals surface area contributed by atoms with Crippen LogP contribution in [0.4, 0.5) is 0 Å². The van der Waals surface area contributed by atoms with Crippen molar-refractivity contribution in [1.29, 1.82) is 0 Å². The van der Waals surface area contributed by atoms with Gasteiger partial charge in [0.15, 0.2) is 0 Å². The van der Waals surface area contributed by atoms with Crippen molar-refractivity contribution in [2.24, 2.45) is 0 Å². The van der Waals surface area contributed by atoms with E-state index < -0.39 is 6.10 Å². The van der Waals surface area contributed by atoms with Crippen molar-refractivity contribution < 1.29 is 5.11 Å². The van der Waals surface area contributed by atoms with Crippen LogP contribution >= 0.6 is 11.3 Å². The molecular formula is C21H19N3OS. The number of rotatable bonds is 5. The minimum atomic E-state index is -0.458. The summed E-state index contributed by atoms with van der Waals surface area (Å²) in [6, 6.07) is 20.2. The molecule has 0 amide bonds. The van der Waals surface area contributed by atoms with Gasteiger partial charge in [-0.05, 0) is 6.92 Å². The van der Waals surface area contributed by atoms with Crippen LogP contribution in [-0.2, 0) is 6.54 Å². The second-order valence-electron chi connectivity index (χ2n) is 6.21. The molecule has 0 spiro atoms. The van der Waals surface area contributed by atoms with Crippen LogP contribution in [0.15, 0.2) is 72.4 Å². The summed E-state index contributed by atoms with van der Waals surface area (Å²) in [6.45, 7) is 2.26. The zero-order valence-electron chi connectivity index (χ0n) is 14.4. The average Bonchev–Trinajstić information content (AvgIpc) is 3.29. The topological polar surface area (TPSA) is 50.9 Å². The Bertz CT molecular complexity index is 991. The molecule has 1 N–H and O–H groups in total. The lowest BCUT2D eigenvalue weighted by Crippen LogP contribution is -2.11. The molecule has 0 bridgehead atoms. The third-order valence-electron chi connectivity index (χ3n) is 4.12. The van der Waals surface area contributed by atoms with Crippen LogP contribution in [0.3, 0.4) is 0 Å². The number of thiazole rings is 1. The minimum absolute atomic E-state index is 0.458. The Hall–Kier alpha value is -2.76. The maximum Gasteiger partial charge on any atom is 0.142 e. The van der Waals surface area contributed by atoms with Crippen LogP contribution in [0.25, 0.3) is 33.2 Å². The molecule has 5 heteroatoms. The first-order valence-corrected chi connectivity index (χ1v) is 9.40. The largest absolute Gasteiger partial charge is 0.392 e. The van der Waals surface area contributed by atoms with E-state index in [0.717, 1.165) is 33.2 Å². The maximum absolute atomic E-state index is 9.87. The molecule has 4 nitrogen and oxygen atoms in total. The fourth-order valence-electron chi connectivity index (χ4n) is 2.96. The van der Waals surface area contributed by atoms with Gasteiger partial charge >= 0.3 is 0 Å². The summed E-state index contributed by atoms with van der Waals surface area (Å²) in [7, 11) is 0. The van der Waals surface area contributed by atoms with Crippen molar-refractivity contribution in [1.82, 2.24) is 14.5 Å². The highest BCUT2D eigenvalue weighted by atomic mass is 32.1. The highest BCUT2D eigenvalue weighted by Gasteiger charge is 2.19. The van der Waals surface area contributed by atoms with E-state index in [2.05, 4.69) is 22.5 Å². The molecule has 26 heavy (non-hydrogen) atoms. The molecule has 0 aliphatic heterocycles. The molecule has 130 valence electrons. The zero-order chi connectivity index (χ0) is 17.9. The van der Waals surface area contributed by atoms with Crippen molar-refractivity contribution in [3.8, 4) is 33.2 Å². The smallest absolute Gasteiger partial charge is 0.142 e. The summed E-state index contributed by atoms with van der Waals surface area (Å²) in [6.07, 6.45) is 1.33. The van der Waals surface area contributed by atoms with E-state index in [9.17, 15) is 5.11 Å². The Morgan fingerprint density at radius 2 is 1.65 bits per heavy atom. The molecule has 0 radical (unpaired) electrons. The first-order chi connectivity index (χ1) is 12.7. The van der Waals surface area contributed by atoms with Crippen molar-refractivity contribution in [3.05, 3.63) is 72.4 Å². The van der Waals surface area contributed by atoms with Crippen LogP contribution in [-0.4, -0.2) is 25.7 Å². The predicted molar refractivity (Wildman–Crippen MR) is 106 cm³/mol. The number of nitrogens with zero attached hydrogens (tertiary/aromatic N) is 3. The average molecular weight is 361 g/mol. The molecule has 0 unspecified atom stereocenters. The molecule has 2 aromatic carbocycles. The number of hydrogen-bond acceptors (Lipinski definition) is 4. The molecule has 2 aromatic heterocycles. The molecular weight excluding hydrogens is 342 g/mol. The van der Waals surface area contributed by atoms with Crippen LogP contribution in [0.5, 0.6) is 0 Å². The van der Waals surface area contributed by atoms with Crippen molar-refractivity contribution in [2.75, 3.05) is 0 Å². The van der Waals surface area contributed by atoms with Crippen molar-refractivity contribution in [3.63, 3.8) is 0 Å². The predicted octanol–water partition coefficient (Wildman–Crippen LogP) is 4.72. The lowest BCUT2D eigenvalue weighted by Gasteiger charge is -2.10. The van der Waals surface area contributed by atoms with Gasteiger partial charge in [0.25, 0.3) is 0 Å². The molecule has 0 saturated carbocycles. The standard InChI is InChI=1S/C21H19N3OS/c1-15(25)12-24-14-22-19(17-10-6-3-7-11-17)20(24)21-23-18(13-26-21)16-8-4-2-5-9-16/h2-11,13-15,25H,12H2,1H3/t15-/m0/s1. The Kier molecular flexibility index (Phi) is 4.65. The Morgan fingerprint density at radius 1 is 1.00 bits per heavy atom. The number of imidazole rings is 1. The molecule has 0 fully saturated rings. The number of hydrogen-bond donors (Lipinski definition) is 1. The normalized spacial score (nSPS) is 12.2. The van der Waals surface area contributed by atoms with E-state index in [-0.39, 0.29) is 0 Å². The zero-order valence-corrected chi connectivity index (χ0v) is 15.2. The second kappa shape index (κ2) is 7.23. The van der Waals surface area contributed by atoms with Crippen LogP contribution in [0, 0.1) is 0 Å². The molecule has 4 rings (SSSR count). The van der Waals surface area contributed by atoms with Crippen molar-refractivity contribution in [2.45, 2.75) is 19.6 Å². The SMILES string of the molecule is C[C@H](O)Cn1cnc(-c2ccccc2)c1-c1nc(-c2ccccc2)cs1. The third kappa shape index (κ3) is 3.31. The quantitative estimate of drug-likeness (QED) is 0.559. The van der Waals surface area contributed by atoms with Crippen LogP contribution < -0.4 is 0 Å². The Balaban J connectivity index is 1.82. The fraction of sp³-hybridized carbons (Fsp3) is 0.143. The van der Waals surface area contributed by atoms with E-state index >= 15 is 0 Å². The number of aliphatic hydroxyl groups is 1. The first kappa shape index (κ1) is 16.7. The van der Waals surface area contributed by atoms with Crippen molar-refractivity contribution >= 4 is 11.3 Å². The number of aromatic nitrogens is 3. The highest BCUT2D eigenvalue weighted by molar-refractivity contribution is 7.13. The van der Waals surface area contributed by atoms with Gasteiger partial charge in [-0.3, -0.25) is 0 Å². The summed E-state index contributed by atoms with van der Waals surface area (Å²) in [5, 5.41) is 12.8. The summed E-state index contributed by atoms with van der Waals surface area (Å²) in [4.78, 5) is 9.47. The van der Waals surface area contributed by atoms with Gasteiger partial charge < -0.3 is 9.67 Å². The van der Waals surface area contributed by atoms with Gasteiger partial charge in [-0.2, -0.15) is 0 Å². The Morgan fingerprint density at radius 3 is 2.31 bits per heavy atom. The number of benzene rings is 2. The summed E-state index contributed by atoms with van der Waals surface area (Å²) < 4.78 is 1.99. The van der Waals surface area contributed by atoms with Gasteiger partial charge in [-0.25, -0.2) is 9.97 Å². The molecule has 0 saturated heterocycles. The van der Waals surface area contributed by atoms with Gasteiger partial charge in [-0.1, -0.05) is 60.7 Å². The molecule has 4 aromatic rings. The maximum atomic E-state index is 9.87. The summed E-state index contributed by atoms with van der Waals surface area (Å²) >= 11 is 1.60. The van der Waals surface area contributed by atoms with E-state index in [1.54, 1.807) is 24.6 Å². The molecule has 2 heterocycles. The monoisotopic (exact) mass is 361 g/mol. The van der Waals surface area contributed by atoms with Gasteiger partial charge in [-0.15, -0.1) is 11.3 Å².